The first-order chi connectivity index (χ1) is 21.7. The third-order valence-electron chi connectivity index (χ3n) is 9.98. The van der Waals surface area contributed by atoms with Gasteiger partial charge in [0.15, 0.2) is 0 Å². The third kappa shape index (κ3) is 6.42. The Kier molecular flexibility index (Phi) is 9.36. The number of benzene rings is 2. The Labute approximate surface area is 272 Å². The second-order valence-corrected chi connectivity index (χ2v) is 14.8. The Morgan fingerprint density at radius 1 is 1.18 bits per heavy atom. The van der Waals surface area contributed by atoms with Crippen molar-refractivity contribution < 1.29 is 18.8 Å². The second kappa shape index (κ2) is 13.3. The van der Waals surface area contributed by atoms with Crippen LogP contribution in [0.4, 0.5) is 5.69 Å². The molecule has 3 N–H and O–H groups in total. The predicted octanol–water partition coefficient (Wildman–Crippen LogP) is 5.69. The first-order valence-electron chi connectivity index (χ1n) is 16.0. The highest BCUT2D eigenvalue weighted by Gasteiger charge is 2.48. The van der Waals surface area contributed by atoms with Crippen molar-refractivity contribution >= 4 is 34.2 Å². The van der Waals surface area contributed by atoms with Crippen LogP contribution in [0.2, 0.25) is 5.02 Å². The van der Waals surface area contributed by atoms with Crippen LogP contribution in [0.3, 0.4) is 0 Å². The van der Waals surface area contributed by atoms with E-state index in [1.165, 1.54) is 11.1 Å². The van der Waals surface area contributed by atoms with Gasteiger partial charge in [-0.15, -0.1) is 0 Å². The number of hydrogen-bond acceptors (Lipinski definition) is 7. The fraction of sp³-hybridized carbons (Fsp3) is 0.500. The lowest BCUT2D eigenvalue weighted by molar-refractivity contribution is -0.0528. The summed E-state index contributed by atoms with van der Waals surface area (Å²) in [6.07, 6.45) is 9.71. The van der Waals surface area contributed by atoms with E-state index in [0.717, 1.165) is 36.4 Å². The molecule has 0 saturated heterocycles. The van der Waals surface area contributed by atoms with Crippen molar-refractivity contribution in [1.29, 1.82) is 0 Å². The molecular formula is C34H42ClN5O4S. The van der Waals surface area contributed by atoms with E-state index in [1.807, 2.05) is 44.2 Å². The number of carbonyl (C=O) groups is 1. The van der Waals surface area contributed by atoms with Gasteiger partial charge in [0.1, 0.15) is 28.0 Å². The number of fused-ring (bicyclic) bond motifs is 2. The number of amides is 1. The Bertz CT molecular complexity index is 1580. The first-order valence-corrected chi connectivity index (χ1v) is 17.5. The molecule has 0 radical (unpaired) electrons. The highest BCUT2D eigenvalue weighted by Crippen LogP contribution is 2.49. The minimum Gasteiger partial charge on any atom is -0.491 e. The third-order valence-corrected chi connectivity index (χ3v) is 11.7. The quantitative estimate of drug-likeness (QED) is 0.310. The molecule has 3 aliphatic rings. The minimum absolute atomic E-state index is 0.00706. The van der Waals surface area contributed by atoms with Crippen molar-refractivity contribution in [3.05, 3.63) is 82.2 Å². The maximum atomic E-state index is 13.4. The second-order valence-electron chi connectivity index (χ2n) is 12.9. The topological polar surface area (TPSA) is 120 Å². The minimum atomic E-state index is -1.60. The molecule has 9 nitrogen and oxygen atoms in total. The van der Waals surface area contributed by atoms with Crippen LogP contribution in [-0.2, 0) is 23.0 Å². The summed E-state index contributed by atoms with van der Waals surface area (Å²) < 4.78 is 22.4. The van der Waals surface area contributed by atoms with Gasteiger partial charge in [0.05, 0.1) is 23.7 Å². The number of nitrogens with one attached hydrogen (secondary N) is 2. The van der Waals surface area contributed by atoms with Crippen molar-refractivity contribution in [1.82, 2.24) is 20.1 Å². The zero-order chi connectivity index (χ0) is 31.7. The lowest BCUT2D eigenvalue weighted by Crippen LogP contribution is -2.49. The molecule has 7 atom stereocenters. The molecule has 3 aromatic rings. The van der Waals surface area contributed by atoms with Gasteiger partial charge in [-0.3, -0.25) is 9.52 Å². The van der Waals surface area contributed by atoms with Gasteiger partial charge in [0.2, 0.25) is 0 Å². The van der Waals surface area contributed by atoms with Crippen LogP contribution in [0.1, 0.15) is 79.6 Å². The number of ether oxygens (including phenoxy) is 1. The zero-order valence-electron chi connectivity index (χ0n) is 26.0. The van der Waals surface area contributed by atoms with E-state index < -0.39 is 16.6 Å². The van der Waals surface area contributed by atoms with Crippen LogP contribution in [0.5, 0.6) is 5.75 Å². The number of aromatic nitrogens is 3. The number of nitrogens with zero attached hydrogens (tertiary/aromatic N) is 3. The summed E-state index contributed by atoms with van der Waals surface area (Å²) in [5.74, 6) is 0.444. The van der Waals surface area contributed by atoms with Crippen LogP contribution in [0, 0.1) is 17.8 Å². The summed E-state index contributed by atoms with van der Waals surface area (Å²) in [6, 6.07) is 11.6. The largest absolute Gasteiger partial charge is 0.491 e. The van der Waals surface area contributed by atoms with E-state index in [2.05, 4.69) is 44.1 Å². The SMILES string of the molecule is CCCc1cc(Cl)ccc1C1COc2ccc3cc2N(C1)CC1CCC1[C@](O)(c1cn[nH]n1)/C=C/CC(C)C(C)S(=O)NC3=O. The predicted molar refractivity (Wildman–Crippen MR) is 177 cm³/mol. The van der Waals surface area contributed by atoms with Crippen LogP contribution in [0.15, 0.2) is 54.7 Å². The average Bonchev–Trinajstić information content (AvgIpc) is 3.50. The van der Waals surface area contributed by atoms with E-state index in [-0.39, 0.29) is 34.8 Å². The molecular weight excluding hydrogens is 610 g/mol. The van der Waals surface area contributed by atoms with Crippen molar-refractivity contribution in [3.63, 3.8) is 0 Å². The van der Waals surface area contributed by atoms with Gasteiger partial charge in [-0.05, 0) is 85.9 Å². The van der Waals surface area contributed by atoms with Gasteiger partial charge in [0.25, 0.3) is 5.91 Å². The van der Waals surface area contributed by atoms with Gasteiger partial charge < -0.3 is 14.7 Å². The van der Waals surface area contributed by atoms with E-state index in [1.54, 1.807) is 12.3 Å². The van der Waals surface area contributed by atoms with Crippen molar-refractivity contribution in [3.8, 4) is 5.75 Å². The number of aryl methyl sites for hydroxylation is 1. The number of H-pyrrole nitrogens is 1. The lowest BCUT2D eigenvalue weighted by Gasteiger charge is -2.47. The number of carbonyl (C=O) groups excluding carboxylic acids is 1. The molecule has 240 valence electrons. The standard InChI is InChI=1S/C34H42ClN5O4S/c1-4-6-23-15-27(35)10-11-28(23)26-19-40-18-25-8-12-29(25)34(42,32-17-36-39-37-32)14-5-7-21(2)22(3)45(43)38-33(41)24-9-13-31(44-20-26)30(40)16-24/h5,9-11,13-17,21-22,25-26,29,42H,4,6-8,12,18-20H2,1-3H3,(H,38,41)(H,36,37,39)/b14-5+/t21?,22?,25?,26?,29?,34-,45?/m0/s1. The van der Waals surface area contributed by atoms with E-state index >= 15 is 0 Å². The molecule has 2 aliphatic heterocycles. The number of rotatable bonds is 4. The molecule has 0 spiro atoms. The monoisotopic (exact) mass is 651 g/mol. The lowest BCUT2D eigenvalue weighted by atomic mass is 9.63. The van der Waals surface area contributed by atoms with Crippen molar-refractivity contribution in [2.45, 2.75) is 69.6 Å². The highest BCUT2D eigenvalue weighted by molar-refractivity contribution is 7.84. The molecule has 45 heavy (non-hydrogen) atoms. The fourth-order valence-electron chi connectivity index (χ4n) is 7.01. The summed E-state index contributed by atoms with van der Waals surface area (Å²) in [6.45, 7) is 7.85. The van der Waals surface area contributed by atoms with Gasteiger partial charge >= 0.3 is 0 Å². The maximum absolute atomic E-state index is 13.4. The smallest absolute Gasteiger partial charge is 0.263 e. The van der Waals surface area contributed by atoms with Crippen LogP contribution >= 0.6 is 11.6 Å². The number of aliphatic hydroxyl groups is 1. The normalized spacial score (nSPS) is 31.1. The molecule has 11 heteroatoms. The Balaban J connectivity index is 1.42. The van der Waals surface area contributed by atoms with Crippen LogP contribution in [-0.4, -0.2) is 55.6 Å². The molecule has 3 heterocycles. The maximum Gasteiger partial charge on any atom is 0.263 e. The zero-order valence-corrected chi connectivity index (χ0v) is 27.6. The Morgan fingerprint density at radius 3 is 2.76 bits per heavy atom. The summed E-state index contributed by atoms with van der Waals surface area (Å²) in [7, 11) is -1.60. The van der Waals surface area contributed by atoms with Gasteiger partial charge in [-0.1, -0.05) is 50.1 Å². The van der Waals surface area contributed by atoms with Crippen LogP contribution < -0.4 is 14.4 Å². The molecule has 2 bridgehead atoms. The van der Waals surface area contributed by atoms with Gasteiger partial charge in [-0.25, -0.2) is 4.21 Å². The summed E-state index contributed by atoms with van der Waals surface area (Å²) in [4.78, 5) is 15.7. The van der Waals surface area contributed by atoms with E-state index in [9.17, 15) is 14.1 Å². The van der Waals surface area contributed by atoms with Crippen molar-refractivity contribution in [2.24, 2.45) is 17.8 Å². The Hall–Kier alpha value is -3.21. The summed E-state index contributed by atoms with van der Waals surface area (Å²) >= 11 is 6.42. The molecule has 6 unspecified atom stereocenters. The van der Waals surface area contributed by atoms with Gasteiger partial charge in [-0.2, -0.15) is 15.4 Å². The number of allylic oxidation sites excluding steroid dienone is 1. The average molecular weight is 652 g/mol. The molecule has 1 saturated carbocycles. The number of halogens is 1. The van der Waals surface area contributed by atoms with Crippen LogP contribution in [0.25, 0.3) is 0 Å². The molecule has 6 rings (SSSR count). The molecule has 1 fully saturated rings. The number of anilines is 1. The van der Waals surface area contributed by atoms with E-state index in [0.29, 0.717) is 43.1 Å². The fourth-order valence-corrected chi connectivity index (χ4v) is 8.22. The molecule has 1 aromatic heterocycles. The van der Waals surface area contributed by atoms with Crippen molar-refractivity contribution in [2.75, 3.05) is 24.6 Å². The molecule has 1 amide bonds. The number of aromatic amines is 1. The summed E-state index contributed by atoms with van der Waals surface area (Å²) in [5, 5.41) is 23.7. The molecule has 2 aromatic carbocycles. The van der Waals surface area contributed by atoms with Gasteiger partial charge in [0, 0.05) is 35.5 Å². The molecule has 1 aliphatic carbocycles. The van der Waals surface area contributed by atoms with E-state index in [4.69, 9.17) is 16.3 Å². The highest BCUT2D eigenvalue weighted by atomic mass is 35.5. The number of hydrogen-bond donors (Lipinski definition) is 3. The Morgan fingerprint density at radius 2 is 2.02 bits per heavy atom. The first kappa shape index (κ1) is 31.8. The summed E-state index contributed by atoms with van der Waals surface area (Å²) in [5.41, 5.74) is 2.88.